The standard InChI is InChI=1S/C21H13F3N2O4S/c1-12-18(31(30)16-7-5-13(11-25)6-8-16)10-17(20(28)29)19(27)26(12)15-4-2-3-14(9-15)21(22,23)24/h2-10H,1H3,(H,28,29)/t31-/m1/s1. The fourth-order valence-corrected chi connectivity index (χ4v) is 4.16. The van der Waals surface area contributed by atoms with Crippen molar-refractivity contribution in [3.05, 3.63) is 87.3 Å². The van der Waals surface area contributed by atoms with Gasteiger partial charge in [-0.3, -0.25) is 9.36 Å². The van der Waals surface area contributed by atoms with Gasteiger partial charge in [0.2, 0.25) is 0 Å². The monoisotopic (exact) mass is 446 g/mol. The van der Waals surface area contributed by atoms with Crippen molar-refractivity contribution >= 4 is 16.8 Å². The number of rotatable bonds is 4. The second kappa shape index (κ2) is 8.20. The second-order valence-corrected chi connectivity index (χ2v) is 7.86. The maximum atomic E-state index is 13.1. The van der Waals surface area contributed by atoms with Crippen LogP contribution in [0, 0.1) is 18.3 Å². The Bertz CT molecular complexity index is 1310. The molecule has 0 fully saturated rings. The number of nitriles is 1. The normalized spacial score (nSPS) is 12.2. The van der Waals surface area contributed by atoms with E-state index in [0.717, 1.165) is 22.8 Å². The fourth-order valence-electron chi connectivity index (χ4n) is 2.93. The van der Waals surface area contributed by atoms with Gasteiger partial charge in [-0.1, -0.05) is 6.07 Å². The fraction of sp³-hybridized carbons (Fsp3) is 0.0952. The Hall–Kier alpha value is -3.71. The van der Waals surface area contributed by atoms with E-state index in [1.807, 2.05) is 6.07 Å². The third kappa shape index (κ3) is 4.27. The number of nitrogens with zero attached hydrogens (tertiary/aromatic N) is 2. The van der Waals surface area contributed by atoms with Crippen LogP contribution in [0.5, 0.6) is 0 Å². The SMILES string of the molecule is Cc1c([S@](=O)c2ccc(C#N)cc2)cc(C(=O)O)c(=O)n1-c1cccc(C(F)(F)F)c1. The number of hydrogen-bond acceptors (Lipinski definition) is 4. The van der Waals surface area contributed by atoms with Crippen LogP contribution < -0.4 is 5.56 Å². The number of pyridine rings is 1. The smallest absolute Gasteiger partial charge is 0.416 e. The maximum absolute atomic E-state index is 13.1. The van der Waals surface area contributed by atoms with Crippen molar-refractivity contribution in [3.8, 4) is 11.8 Å². The van der Waals surface area contributed by atoms with E-state index in [1.54, 1.807) is 0 Å². The lowest BCUT2D eigenvalue weighted by Gasteiger charge is -2.17. The summed E-state index contributed by atoms with van der Waals surface area (Å²) in [6, 6.07) is 12.4. The van der Waals surface area contributed by atoms with Crippen molar-refractivity contribution in [2.75, 3.05) is 0 Å². The first-order valence-corrected chi connectivity index (χ1v) is 9.79. The Labute approximate surface area is 176 Å². The minimum atomic E-state index is -4.67. The number of alkyl halides is 3. The van der Waals surface area contributed by atoms with Crippen molar-refractivity contribution in [1.82, 2.24) is 4.57 Å². The topological polar surface area (TPSA) is 100 Å². The maximum Gasteiger partial charge on any atom is 0.416 e. The molecule has 0 saturated heterocycles. The van der Waals surface area contributed by atoms with Gasteiger partial charge in [-0.05, 0) is 55.5 Å². The lowest BCUT2D eigenvalue weighted by atomic mass is 10.1. The summed E-state index contributed by atoms with van der Waals surface area (Å²) < 4.78 is 53.3. The third-order valence-electron chi connectivity index (χ3n) is 4.46. The zero-order valence-electron chi connectivity index (χ0n) is 15.8. The molecule has 0 amide bonds. The summed E-state index contributed by atoms with van der Waals surface area (Å²) in [5.41, 5.74) is -2.68. The van der Waals surface area contributed by atoms with Crippen molar-refractivity contribution in [1.29, 1.82) is 5.26 Å². The van der Waals surface area contributed by atoms with Crippen molar-refractivity contribution in [2.45, 2.75) is 22.9 Å². The molecule has 1 N–H and O–H groups in total. The van der Waals surface area contributed by atoms with Gasteiger partial charge in [0.25, 0.3) is 5.56 Å². The molecule has 31 heavy (non-hydrogen) atoms. The van der Waals surface area contributed by atoms with Gasteiger partial charge in [0.15, 0.2) is 0 Å². The lowest BCUT2D eigenvalue weighted by molar-refractivity contribution is -0.137. The summed E-state index contributed by atoms with van der Waals surface area (Å²) in [6.07, 6.45) is -4.67. The van der Waals surface area contributed by atoms with Gasteiger partial charge < -0.3 is 5.11 Å². The summed E-state index contributed by atoms with van der Waals surface area (Å²) in [5, 5.41) is 18.3. The molecule has 0 aliphatic carbocycles. The van der Waals surface area contributed by atoms with Crippen LogP contribution in [0.15, 0.2) is 69.2 Å². The number of carboxylic acids is 1. The third-order valence-corrected chi connectivity index (χ3v) is 5.97. The van der Waals surface area contributed by atoms with Gasteiger partial charge in [-0.2, -0.15) is 18.4 Å². The lowest BCUT2D eigenvalue weighted by Crippen LogP contribution is -2.28. The molecule has 1 heterocycles. The quantitative estimate of drug-likeness (QED) is 0.655. The van der Waals surface area contributed by atoms with E-state index in [9.17, 15) is 32.1 Å². The van der Waals surface area contributed by atoms with Crippen LogP contribution >= 0.6 is 0 Å². The molecule has 1 aromatic heterocycles. The largest absolute Gasteiger partial charge is 0.477 e. The number of carbonyl (C=O) groups is 1. The van der Waals surface area contributed by atoms with Gasteiger partial charge in [0.05, 0.1) is 32.9 Å². The first-order valence-electron chi connectivity index (χ1n) is 8.64. The molecule has 6 nitrogen and oxygen atoms in total. The van der Waals surface area contributed by atoms with E-state index in [2.05, 4.69) is 0 Å². The van der Waals surface area contributed by atoms with Crippen LogP contribution in [0.3, 0.4) is 0 Å². The first-order chi connectivity index (χ1) is 14.5. The summed E-state index contributed by atoms with van der Waals surface area (Å²) >= 11 is 0. The molecule has 0 aliphatic heterocycles. The minimum absolute atomic E-state index is 0.0250. The molecule has 3 aromatic rings. The Morgan fingerprint density at radius 3 is 2.32 bits per heavy atom. The van der Waals surface area contributed by atoms with E-state index in [4.69, 9.17) is 5.26 Å². The van der Waals surface area contributed by atoms with Gasteiger partial charge in [0, 0.05) is 16.3 Å². The Morgan fingerprint density at radius 2 is 1.77 bits per heavy atom. The van der Waals surface area contributed by atoms with Crippen LogP contribution in [-0.2, 0) is 17.0 Å². The van der Waals surface area contributed by atoms with E-state index < -0.39 is 39.6 Å². The highest BCUT2D eigenvalue weighted by Gasteiger charge is 2.31. The number of carboxylic acid groups (broad SMARTS) is 1. The zero-order chi connectivity index (χ0) is 22.9. The molecule has 2 aromatic carbocycles. The predicted molar refractivity (Wildman–Crippen MR) is 105 cm³/mol. The highest BCUT2D eigenvalue weighted by atomic mass is 32.2. The molecule has 10 heteroatoms. The highest BCUT2D eigenvalue weighted by molar-refractivity contribution is 7.85. The first kappa shape index (κ1) is 22.0. The summed E-state index contributed by atoms with van der Waals surface area (Å²) in [6.45, 7) is 1.37. The van der Waals surface area contributed by atoms with Crippen molar-refractivity contribution in [3.63, 3.8) is 0 Å². The molecular weight excluding hydrogens is 433 g/mol. The van der Waals surface area contributed by atoms with Crippen LogP contribution in [0.4, 0.5) is 13.2 Å². The molecule has 0 spiro atoms. The molecular formula is C21H13F3N2O4S. The molecule has 0 radical (unpaired) electrons. The van der Waals surface area contributed by atoms with E-state index >= 15 is 0 Å². The van der Waals surface area contributed by atoms with Crippen LogP contribution in [-0.4, -0.2) is 19.9 Å². The van der Waals surface area contributed by atoms with Gasteiger partial charge in [-0.15, -0.1) is 0 Å². The second-order valence-electron chi connectivity index (χ2n) is 6.41. The number of hydrogen-bond donors (Lipinski definition) is 1. The Balaban J connectivity index is 2.27. The minimum Gasteiger partial charge on any atom is -0.477 e. The zero-order valence-corrected chi connectivity index (χ0v) is 16.6. The number of aromatic nitrogens is 1. The number of benzene rings is 2. The highest BCUT2D eigenvalue weighted by Crippen LogP contribution is 2.31. The molecule has 3 rings (SSSR count). The van der Waals surface area contributed by atoms with Crippen molar-refractivity contribution in [2.24, 2.45) is 0 Å². The number of halogens is 3. The van der Waals surface area contributed by atoms with Gasteiger partial charge in [-0.25, -0.2) is 9.00 Å². The van der Waals surface area contributed by atoms with E-state index in [0.29, 0.717) is 11.6 Å². The van der Waals surface area contributed by atoms with Crippen molar-refractivity contribution < 1.29 is 27.3 Å². The molecule has 1 atom stereocenters. The number of aromatic carboxylic acids is 1. The molecule has 0 aliphatic rings. The van der Waals surface area contributed by atoms with Gasteiger partial charge >= 0.3 is 12.1 Å². The molecule has 158 valence electrons. The average molecular weight is 446 g/mol. The van der Waals surface area contributed by atoms with E-state index in [1.165, 1.54) is 37.3 Å². The molecule has 0 unspecified atom stereocenters. The van der Waals surface area contributed by atoms with Crippen LogP contribution in [0.25, 0.3) is 5.69 Å². The van der Waals surface area contributed by atoms with Crippen LogP contribution in [0.1, 0.15) is 27.2 Å². The van der Waals surface area contributed by atoms with Crippen LogP contribution in [0.2, 0.25) is 0 Å². The average Bonchev–Trinajstić information content (AvgIpc) is 2.73. The Morgan fingerprint density at radius 1 is 1.13 bits per heavy atom. The summed E-state index contributed by atoms with van der Waals surface area (Å²) in [4.78, 5) is 24.5. The summed E-state index contributed by atoms with van der Waals surface area (Å²) in [5.74, 6) is -1.61. The van der Waals surface area contributed by atoms with Gasteiger partial charge in [0.1, 0.15) is 5.56 Å². The van der Waals surface area contributed by atoms with E-state index in [-0.39, 0.29) is 21.2 Å². The summed E-state index contributed by atoms with van der Waals surface area (Å²) in [7, 11) is -1.96. The predicted octanol–water partition coefficient (Wildman–Crippen LogP) is 3.90. The molecule has 0 bridgehead atoms. The Kier molecular flexibility index (Phi) is 5.81. The molecule has 0 saturated carbocycles.